The van der Waals surface area contributed by atoms with Crippen LogP contribution in [0.4, 0.5) is 5.69 Å². The van der Waals surface area contributed by atoms with Crippen LogP contribution in [0.5, 0.6) is 5.75 Å². The Kier molecular flexibility index (Phi) is 10.8. The number of rotatable bonds is 12. The number of amides is 1. The molecule has 4 rings (SSSR count). The molecule has 0 bridgehead atoms. The molecule has 3 aliphatic rings. The highest BCUT2D eigenvalue weighted by molar-refractivity contribution is 5.82. The van der Waals surface area contributed by atoms with E-state index in [2.05, 4.69) is 68.4 Å². The molecular weight excluding hydrogens is 506 g/mol. The third-order valence-corrected chi connectivity index (χ3v) is 8.76. The summed E-state index contributed by atoms with van der Waals surface area (Å²) in [5.74, 6) is 1.60. The van der Waals surface area contributed by atoms with Crippen molar-refractivity contribution in [1.82, 2.24) is 10.6 Å². The highest BCUT2D eigenvalue weighted by Gasteiger charge is 2.35. The first-order chi connectivity index (χ1) is 19.1. The minimum absolute atomic E-state index is 0.155. The Morgan fingerprint density at radius 3 is 2.70 bits per heavy atom. The van der Waals surface area contributed by atoms with Gasteiger partial charge in [-0.1, -0.05) is 19.9 Å². The van der Waals surface area contributed by atoms with E-state index in [0.29, 0.717) is 18.6 Å². The maximum atomic E-state index is 13.1. The Balaban J connectivity index is 1.23. The van der Waals surface area contributed by atoms with Crippen LogP contribution in [0, 0.1) is 11.3 Å². The first kappa shape index (κ1) is 31.1. The molecule has 0 spiro atoms. The third-order valence-electron chi connectivity index (χ3n) is 8.76. The maximum absolute atomic E-state index is 13.1. The summed E-state index contributed by atoms with van der Waals surface area (Å²) in [6, 6.07) is 6.94. The Morgan fingerprint density at radius 1 is 1.23 bits per heavy atom. The van der Waals surface area contributed by atoms with Gasteiger partial charge in [-0.05, 0) is 82.9 Å². The van der Waals surface area contributed by atoms with Crippen molar-refractivity contribution in [3.05, 3.63) is 23.8 Å². The standard InChI is InChI=1S/C32H53N3O5/c1-23(25-12-16-38-17-13-25)34-30(36)31(2,3)19-26-9-10-27(20-33-26)39-21-24-8-11-29-28(18-24)35(14-7-15-37-6)22-32(4,5)40-29/h8,11,18,23,25-27,33H,7,9-10,12-17,19-22H2,1-6H3,(H,34,36)/t23-,26-,27+/m0/s1. The van der Waals surface area contributed by atoms with Crippen molar-refractivity contribution in [2.24, 2.45) is 11.3 Å². The van der Waals surface area contributed by atoms with Crippen molar-refractivity contribution >= 4 is 11.6 Å². The molecule has 1 amide bonds. The van der Waals surface area contributed by atoms with E-state index in [0.717, 1.165) is 95.0 Å². The number of carbonyl (C=O) groups is 1. The second kappa shape index (κ2) is 13.9. The number of methoxy groups -OCH3 is 1. The van der Waals surface area contributed by atoms with Gasteiger partial charge in [-0.3, -0.25) is 4.79 Å². The highest BCUT2D eigenvalue weighted by atomic mass is 16.5. The Morgan fingerprint density at radius 2 is 2.00 bits per heavy atom. The predicted molar refractivity (Wildman–Crippen MR) is 159 cm³/mol. The summed E-state index contributed by atoms with van der Waals surface area (Å²) in [6.07, 6.45) is 6.04. The fourth-order valence-corrected chi connectivity index (χ4v) is 6.32. The van der Waals surface area contributed by atoms with Gasteiger partial charge in [0.2, 0.25) is 5.91 Å². The average molecular weight is 560 g/mol. The molecule has 0 unspecified atom stereocenters. The highest BCUT2D eigenvalue weighted by Crippen LogP contribution is 2.38. The molecule has 2 fully saturated rings. The average Bonchev–Trinajstić information content (AvgIpc) is 2.92. The van der Waals surface area contributed by atoms with Crippen LogP contribution in [0.15, 0.2) is 18.2 Å². The van der Waals surface area contributed by atoms with Crippen molar-refractivity contribution in [2.45, 2.75) is 104 Å². The summed E-state index contributed by atoms with van der Waals surface area (Å²) >= 11 is 0. The fourth-order valence-electron chi connectivity index (χ4n) is 6.32. The van der Waals surface area contributed by atoms with Gasteiger partial charge in [0, 0.05) is 57.5 Å². The molecule has 0 radical (unpaired) electrons. The van der Waals surface area contributed by atoms with Gasteiger partial charge < -0.3 is 34.5 Å². The minimum atomic E-state index is -0.417. The second-order valence-electron chi connectivity index (χ2n) is 13.3. The lowest BCUT2D eigenvalue weighted by Gasteiger charge is -2.41. The van der Waals surface area contributed by atoms with Crippen LogP contribution in [0.2, 0.25) is 0 Å². The Labute approximate surface area is 241 Å². The molecule has 0 aromatic heterocycles. The third kappa shape index (κ3) is 8.57. The first-order valence-corrected chi connectivity index (χ1v) is 15.4. The molecule has 2 N–H and O–H groups in total. The second-order valence-corrected chi connectivity index (χ2v) is 13.3. The van der Waals surface area contributed by atoms with Gasteiger partial charge in [0.05, 0.1) is 24.9 Å². The van der Waals surface area contributed by atoms with Crippen molar-refractivity contribution in [1.29, 1.82) is 0 Å². The molecular formula is C32H53N3O5. The van der Waals surface area contributed by atoms with Gasteiger partial charge in [0.25, 0.3) is 0 Å². The fraction of sp³-hybridized carbons (Fsp3) is 0.781. The number of anilines is 1. The van der Waals surface area contributed by atoms with Crippen molar-refractivity contribution in [3.63, 3.8) is 0 Å². The van der Waals surface area contributed by atoms with Gasteiger partial charge in [-0.25, -0.2) is 0 Å². The quantitative estimate of drug-likeness (QED) is 0.360. The summed E-state index contributed by atoms with van der Waals surface area (Å²) in [6.45, 7) is 16.1. The van der Waals surface area contributed by atoms with E-state index in [1.165, 1.54) is 0 Å². The maximum Gasteiger partial charge on any atom is 0.225 e. The number of carbonyl (C=O) groups excluding carboxylic acids is 1. The Hall–Kier alpha value is -1.87. The molecule has 8 nitrogen and oxygen atoms in total. The summed E-state index contributed by atoms with van der Waals surface area (Å²) in [4.78, 5) is 15.5. The van der Waals surface area contributed by atoms with E-state index in [9.17, 15) is 4.79 Å². The number of nitrogens with one attached hydrogen (secondary N) is 2. The molecule has 1 aromatic carbocycles. The molecule has 3 atom stereocenters. The van der Waals surface area contributed by atoms with E-state index < -0.39 is 5.41 Å². The van der Waals surface area contributed by atoms with Crippen molar-refractivity contribution in [3.8, 4) is 5.75 Å². The van der Waals surface area contributed by atoms with Gasteiger partial charge >= 0.3 is 0 Å². The lowest BCUT2D eigenvalue weighted by atomic mass is 9.81. The van der Waals surface area contributed by atoms with Crippen LogP contribution < -0.4 is 20.3 Å². The molecule has 8 heteroatoms. The predicted octanol–water partition coefficient (Wildman–Crippen LogP) is 4.69. The number of hydrogen-bond donors (Lipinski definition) is 2. The zero-order valence-corrected chi connectivity index (χ0v) is 25.7. The van der Waals surface area contributed by atoms with Crippen LogP contribution in [-0.2, 0) is 25.6 Å². The SMILES string of the molecule is COCCCN1CC(C)(C)Oc2ccc(CO[C@@H]3CC[C@@H](CC(C)(C)C(=O)N[C@@H](C)C4CCOCC4)NC3)cc21. The van der Waals surface area contributed by atoms with Crippen LogP contribution in [0.25, 0.3) is 0 Å². The van der Waals surface area contributed by atoms with Gasteiger partial charge in [-0.15, -0.1) is 0 Å². The zero-order valence-electron chi connectivity index (χ0n) is 25.7. The molecule has 0 aliphatic carbocycles. The summed E-state index contributed by atoms with van der Waals surface area (Å²) in [7, 11) is 1.75. The topological polar surface area (TPSA) is 81.3 Å². The van der Waals surface area contributed by atoms with E-state index in [1.807, 2.05) is 0 Å². The largest absolute Gasteiger partial charge is 0.484 e. The lowest BCUT2D eigenvalue weighted by molar-refractivity contribution is -0.131. The lowest BCUT2D eigenvalue weighted by Crippen LogP contribution is -2.50. The minimum Gasteiger partial charge on any atom is -0.484 e. The van der Waals surface area contributed by atoms with Crippen LogP contribution >= 0.6 is 0 Å². The Bertz CT molecular complexity index is 954. The number of benzene rings is 1. The van der Waals surface area contributed by atoms with E-state index >= 15 is 0 Å². The molecule has 0 saturated carbocycles. The van der Waals surface area contributed by atoms with Gasteiger partial charge in [0.1, 0.15) is 11.4 Å². The molecule has 40 heavy (non-hydrogen) atoms. The normalized spacial score (nSPS) is 24.2. The summed E-state index contributed by atoms with van der Waals surface area (Å²) in [5.41, 5.74) is 1.67. The first-order valence-electron chi connectivity index (χ1n) is 15.4. The number of piperidine rings is 1. The van der Waals surface area contributed by atoms with Gasteiger partial charge in [-0.2, -0.15) is 0 Å². The zero-order chi connectivity index (χ0) is 28.8. The summed E-state index contributed by atoms with van der Waals surface area (Å²) < 4.78 is 23.4. The van der Waals surface area contributed by atoms with E-state index in [4.69, 9.17) is 18.9 Å². The molecule has 3 aliphatic heterocycles. The smallest absolute Gasteiger partial charge is 0.225 e. The van der Waals surface area contributed by atoms with Crippen LogP contribution in [0.1, 0.15) is 78.7 Å². The number of fused-ring (bicyclic) bond motifs is 1. The molecule has 226 valence electrons. The van der Waals surface area contributed by atoms with Gasteiger partial charge in [0.15, 0.2) is 0 Å². The molecule has 3 heterocycles. The van der Waals surface area contributed by atoms with E-state index in [-0.39, 0.29) is 23.7 Å². The van der Waals surface area contributed by atoms with Crippen LogP contribution in [0.3, 0.4) is 0 Å². The number of ether oxygens (including phenoxy) is 4. The number of nitrogens with zero attached hydrogens (tertiary/aromatic N) is 1. The van der Waals surface area contributed by atoms with Crippen molar-refractivity contribution < 1.29 is 23.7 Å². The van der Waals surface area contributed by atoms with Crippen LogP contribution in [-0.4, -0.2) is 76.3 Å². The van der Waals surface area contributed by atoms with E-state index in [1.54, 1.807) is 7.11 Å². The molecule has 1 aromatic rings. The number of hydrogen-bond acceptors (Lipinski definition) is 7. The van der Waals surface area contributed by atoms with Crippen molar-refractivity contribution in [2.75, 3.05) is 51.5 Å². The summed E-state index contributed by atoms with van der Waals surface area (Å²) in [5, 5.41) is 6.97. The molecule has 2 saturated heterocycles. The monoisotopic (exact) mass is 559 g/mol.